The van der Waals surface area contributed by atoms with Crippen molar-refractivity contribution in [2.75, 3.05) is 33.4 Å². The van der Waals surface area contributed by atoms with Gasteiger partial charge < -0.3 is 14.8 Å². The average Bonchev–Trinajstić information content (AvgIpc) is 2.60. The number of methoxy groups -OCH3 is 1. The number of aryl methyl sites for hydroxylation is 2. The highest BCUT2D eigenvalue weighted by atomic mass is 35.5. The van der Waals surface area contributed by atoms with Crippen LogP contribution in [0.3, 0.4) is 0 Å². The minimum atomic E-state index is -0.577. The minimum absolute atomic E-state index is 0. The van der Waals surface area contributed by atoms with Gasteiger partial charge in [-0.3, -0.25) is 0 Å². The molecule has 0 spiro atoms. The fourth-order valence-electron chi connectivity index (χ4n) is 3.14. The van der Waals surface area contributed by atoms with Gasteiger partial charge in [0, 0.05) is 31.7 Å². The van der Waals surface area contributed by atoms with Crippen molar-refractivity contribution in [3.8, 4) is 0 Å². The lowest BCUT2D eigenvalue weighted by Crippen LogP contribution is -2.28. The van der Waals surface area contributed by atoms with Crippen LogP contribution < -0.4 is 5.32 Å². The van der Waals surface area contributed by atoms with Crippen molar-refractivity contribution < 1.29 is 18.3 Å². The van der Waals surface area contributed by atoms with Gasteiger partial charge in [-0.15, -0.1) is 12.4 Å². The van der Waals surface area contributed by atoms with Crippen LogP contribution in [0.2, 0.25) is 0 Å². The minimum Gasteiger partial charge on any atom is -0.383 e. The Labute approximate surface area is 166 Å². The van der Waals surface area contributed by atoms with Crippen LogP contribution in [-0.4, -0.2) is 33.4 Å². The zero-order valence-electron chi connectivity index (χ0n) is 16.1. The van der Waals surface area contributed by atoms with E-state index in [-0.39, 0.29) is 30.5 Å². The largest absolute Gasteiger partial charge is 0.383 e. The van der Waals surface area contributed by atoms with Gasteiger partial charge in [0.25, 0.3) is 0 Å². The second kappa shape index (κ2) is 12.0. The van der Waals surface area contributed by atoms with Gasteiger partial charge in [0.05, 0.1) is 19.8 Å². The van der Waals surface area contributed by atoms with Crippen molar-refractivity contribution in [1.29, 1.82) is 0 Å². The summed E-state index contributed by atoms with van der Waals surface area (Å²) in [6, 6.07) is 10.0. The molecule has 0 aliphatic rings. The highest BCUT2D eigenvalue weighted by Gasteiger charge is 2.17. The van der Waals surface area contributed by atoms with Crippen LogP contribution in [0.5, 0.6) is 0 Å². The van der Waals surface area contributed by atoms with E-state index in [0.717, 1.165) is 6.54 Å². The first-order valence-corrected chi connectivity index (χ1v) is 8.81. The standard InChI is InChI=1S/C21H27F2NO2.ClH/c1-15-6-4-7-16(2)21(15)17(12-24-10-11-25-3)13-26-14-18-19(22)8-5-9-20(18)23;/h4-9,17,24H,10-14H2,1-3H3;1H. The number of rotatable bonds is 10. The van der Waals surface area contributed by atoms with Crippen LogP contribution in [0.25, 0.3) is 0 Å². The maximum absolute atomic E-state index is 13.8. The summed E-state index contributed by atoms with van der Waals surface area (Å²) in [5, 5.41) is 3.36. The molecule has 0 aliphatic heterocycles. The molecular weight excluding hydrogens is 372 g/mol. The van der Waals surface area contributed by atoms with Crippen LogP contribution in [0.1, 0.15) is 28.2 Å². The summed E-state index contributed by atoms with van der Waals surface area (Å²) in [5.41, 5.74) is 3.56. The van der Waals surface area contributed by atoms with Crippen molar-refractivity contribution in [2.24, 2.45) is 0 Å². The summed E-state index contributed by atoms with van der Waals surface area (Å²) in [6.07, 6.45) is 0. The van der Waals surface area contributed by atoms with Crippen LogP contribution in [-0.2, 0) is 16.1 Å². The quantitative estimate of drug-likeness (QED) is 0.595. The first-order valence-electron chi connectivity index (χ1n) is 8.81. The van der Waals surface area contributed by atoms with Crippen molar-refractivity contribution in [3.63, 3.8) is 0 Å². The van der Waals surface area contributed by atoms with E-state index in [4.69, 9.17) is 9.47 Å². The van der Waals surface area contributed by atoms with Crippen LogP contribution >= 0.6 is 12.4 Å². The van der Waals surface area contributed by atoms with Gasteiger partial charge >= 0.3 is 0 Å². The predicted molar refractivity (Wildman–Crippen MR) is 107 cm³/mol. The van der Waals surface area contributed by atoms with E-state index in [9.17, 15) is 8.78 Å². The second-order valence-corrected chi connectivity index (χ2v) is 6.41. The summed E-state index contributed by atoms with van der Waals surface area (Å²) in [5.74, 6) is -1.07. The Kier molecular flexibility index (Phi) is 10.5. The van der Waals surface area contributed by atoms with E-state index < -0.39 is 11.6 Å². The number of halogens is 3. The lowest BCUT2D eigenvalue weighted by atomic mass is 9.91. The zero-order chi connectivity index (χ0) is 18.9. The zero-order valence-corrected chi connectivity index (χ0v) is 16.9. The van der Waals surface area contributed by atoms with Gasteiger partial charge in [0.1, 0.15) is 11.6 Å². The maximum Gasteiger partial charge on any atom is 0.131 e. The molecule has 0 heterocycles. The molecule has 0 saturated carbocycles. The van der Waals surface area contributed by atoms with Crippen LogP contribution in [0, 0.1) is 25.5 Å². The molecule has 1 N–H and O–H groups in total. The Hall–Kier alpha value is -1.53. The molecule has 0 fully saturated rings. The Bertz CT molecular complexity index is 672. The van der Waals surface area contributed by atoms with Crippen LogP contribution in [0.4, 0.5) is 8.78 Å². The summed E-state index contributed by atoms with van der Waals surface area (Å²) >= 11 is 0. The molecule has 0 amide bonds. The number of nitrogens with one attached hydrogen (secondary N) is 1. The molecule has 1 unspecified atom stereocenters. The summed E-state index contributed by atoms with van der Waals surface area (Å²) in [4.78, 5) is 0. The highest BCUT2D eigenvalue weighted by molar-refractivity contribution is 5.85. The Morgan fingerprint density at radius 2 is 1.59 bits per heavy atom. The lowest BCUT2D eigenvalue weighted by Gasteiger charge is -2.22. The van der Waals surface area contributed by atoms with Crippen molar-refractivity contribution in [1.82, 2.24) is 5.32 Å². The molecule has 2 rings (SSSR count). The van der Waals surface area contributed by atoms with E-state index in [2.05, 4.69) is 31.3 Å². The van der Waals surface area contributed by atoms with Crippen molar-refractivity contribution >= 4 is 12.4 Å². The van der Waals surface area contributed by atoms with Gasteiger partial charge in [-0.25, -0.2) is 8.78 Å². The summed E-state index contributed by atoms with van der Waals surface area (Å²) < 4.78 is 38.3. The molecule has 0 bridgehead atoms. The Morgan fingerprint density at radius 3 is 2.19 bits per heavy atom. The highest BCUT2D eigenvalue weighted by Crippen LogP contribution is 2.24. The maximum atomic E-state index is 13.8. The van der Waals surface area contributed by atoms with Crippen LogP contribution in [0.15, 0.2) is 36.4 Å². The molecule has 2 aromatic carbocycles. The molecule has 2 aromatic rings. The summed E-state index contributed by atoms with van der Waals surface area (Å²) in [7, 11) is 1.66. The third-order valence-electron chi connectivity index (χ3n) is 4.45. The normalized spacial score (nSPS) is 11.9. The van der Waals surface area contributed by atoms with Crippen molar-refractivity contribution in [2.45, 2.75) is 26.4 Å². The first-order chi connectivity index (χ1) is 12.5. The van der Waals surface area contributed by atoms with E-state index in [1.54, 1.807) is 7.11 Å². The fourth-order valence-corrected chi connectivity index (χ4v) is 3.14. The van der Waals surface area contributed by atoms with Gasteiger partial charge in [-0.05, 0) is 42.7 Å². The lowest BCUT2D eigenvalue weighted by molar-refractivity contribution is 0.101. The van der Waals surface area contributed by atoms with Gasteiger partial charge in [-0.1, -0.05) is 24.3 Å². The van der Waals surface area contributed by atoms with E-state index >= 15 is 0 Å². The van der Waals surface area contributed by atoms with Gasteiger partial charge in [0.2, 0.25) is 0 Å². The third-order valence-corrected chi connectivity index (χ3v) is 4.45. The Morgan fingerprint density at radius 1 is 1.00 bits per heavy atom. The molecule has 0 saturated heterocycles. The second-order valence-electron chi connectivity index (χ2n) is 6.41. The molecular formula is C21H28ClF2NO2. The number of benzene rings is 2. The fraction of sp³-hybridized carbons (Fsp3) is 0.429. The average molecular weight is 400 g/mol. The predicted octanol–water partition coefficient (Wildman–Crippen LogP) is 4.54. The summed E-state index contributed by atoms with van der Waals surface area (Å²) in [6.45, 7) is 6.49. The van der Waals surface area contributed by atoms with E-state index in [1.165, 1.54) is 34.9 Å². The molecule has 3 nitrogen and oxygen atoms in total. The number of hydrogen-bond donors (Lipinski definition) is 1. The monoisotopic (exact) mass is 399 g/mol. The first kappa shape index (κ1) is 23.5. The third kappa shape index (κ3) is 6.85. The molecule has 0 aliphatic carbocycles. The SMILES string of the molecule is COCCNCC(COCc1c(F)cccc1F)c1c(C)cccc1C.Cl. The number of ether oxygens (including phenoxy) is 2. The molecule has 6 heteroatoms. The molecule has 150 valence electrons. The Balaban J connectivity index is 0.00000364. The smallest absolute Gasteiger partial charge is 0.131 e. The molecule has 27 heavy (non-hydrogen) atoms. The topological polar surface area (TPSA) is 30.5 Å². The molecule has 0 aromatic heterocycles. The van der Waals surface area contributed by atoms with Gasteiger partial charge in [0.15, 0.2) is 0 Å². The van der Waals surface area contributed by atoms with E-state index in [0.29, 0.717) is 19.8 Å². The molecule has 1 atom stereocenters. The van der Waals surface area contributed by atoms with Crippen molar-refractivity contribution in [3.05, 3.63) is 70.3 Å². The van der Waals surface area contributed by atoms with Gasteiger partial charge in [-0.2, -0.15) is 0 Å². The molecule has 0 radical (unpaired) electrons. The van der Waals surface area contributed by atoms with E-state index in [1.807, 2.05) is 6.07 Å². The number of hydrogen-bond acceptors (Lipinski definition) is 3.